The molecule has 344 valence electrons. The van der Waals surface area contributed by atoms with E-state index in [2.05, 4.69) is 128 Å². The van der Waals surface area contributed by atoms with Crippen LogP contribution in [0.5, 0.6) is 11.5 Å². The first-order valence-electron chi connectivity index (χ1n) is 24.9. The van der Waals surface area contributed by atoms with Crippen molar-refractivity contribution < 1.29 is 28.2 Å². The number of unbranched alkanes of at least 4 members (excludes halogenated alkanes) is 4. The minimum Gasteiger partial charge on any atom is -0.484 e. The molecule has 0 N–H and O–H groups in total. The van der Waals surface area contributed by atoms with Crippen molar-refractivity contribution in [2.45, 2.75) is 89.5 Å². The number of hydrogen-bond donors (Lipinski definition) is 0. The number of piperazine rings is 1. The topological polar surface area (TPSA) is 73.3 Å². The number of hydrogen-bond acceptors (Lipinski definition) is 8. The molecule has 4 aromatic carbocycles. The van der Waals surface area contributed by atoms with E-state index in [-0.39, 0.29) is 24.0 Å². The van der Waals surface area contributed by atoms with E-state index in [0.29, 0.717) is 39.0 Å². The molecule has 2 unspecified atom stereocenters. The molecule has 0 saturated carbocycles. The molecular formula is C56H56N6O4S2+2. The van der Waals surface area contributed by atoms with Gasteiger partial charge in [-0.15, -0.1) is 0 Å². The standard InChI is InChI=1S/C56H56N6O4S2/c63-49(21-3-1-9-27-57-29-23-37-51-41(57)15-11-17-43(51)65-45-25-31-61-39-13-5-7-19-47(39)67-55(61)53(37)45)59-33-35-60(36-34-59)50(64)22-4-2-10-28-58-30-24-38-52-42(58)16-12-18-44(52)66-46-26-32-62-40-14-6-8-20-48(40)68-56(62)54(38)46/h5-8,11-20,23-24,29-30,45-46H,1-4,9-10,21-22,25-28,31-36H2/q+2. The van der Waals surface area contributed by atoms with E-state index in [1.54, 1.807) is 0 Å². The highest BCUT2D eigenvalue weighted by Gasteiger charge is 2.44. The lowest BCUT2D eigenvalue weighted by atomic mass is 9.87. The Labute approximate surface area is 405 Å². The second-order valence-corrected chi connectivity index (χ2v) is 21.3. The van der Waals surface area contributed by atoms with Crippen LogP contribution in [0.1, 0.15) is 85.4 Å². The van der Waals surface area contributed by atoms with Gasteiger partial charge in [-0.05, 0) is 74.2 Å². The average molecular weight is 941 g/mol. The minimum atomic E-state index is 0.0703. The molecule has 6 aromatic rings. The van der Waals surface area contributed by atoms with Gasteiger partial charge < -0.3 is 29.1 Å². The van der Waals surface area contributed by atoms with Gasteiger partial charge in [0.25, 0.3) is 10.0 Å². The van der Waals surface area contributed by atoms with Crippen LogP contribution in [0.3, 0.4) is 0 Å². The van der Waals surface area contributed by atoms with Crippen molar-refractivity contribution in [1.29, 1.82) is 0 Å². The van der Waals surface area contributed by atoms with Gasteiger partial charge in [-0.1, -0.05) is 71.9 Å². The molecular weight excluding hydrogens is 885 g/mol. The Morgan fingerprint density at radius 1 is 0.544 bits per heavy atom. The first-order valence-corrected chi connectivity index (χ1v) is 26.6. The third-order valence-corrected chi connectivity index (χ3v) is 17.6. The summed E-state index contributed by atoms with van der Waals surface area (Å²) < 4.78 is 21.0. The van der Waals surface area contributed by atoms with Crippen LogP contribution >= 0.6 is 22.7 Å². The predicted octanol–water partition coefficient (Wildman–Crippen LogP) is 10.0. The number of amides is 2. The van der Waals surface area contributed by atoms with Crippen LogP contribution in [0.2, 0.25) is 0 Å². The fraction of sp³-hybridized carbons (Fsp3) is 0.357. The van der Waals surface area contributed by atoms with Gasteiger partial charge in [0, 0.05) is 112 Å². The molecule has 2 amide bonds. The zero-order valence-electron chi connectivity index (χ0n) is 38.4. The highest BCUT2D eigenvalue weighted by Crippen LogP contribution is 2.52. The van der Waals surface area contributed by atoms with Crippen LogP contribution < -0.4 is 28.4 Å². The number of aromatic nitrogens is 2. The van der Waals surface area contributed by atoms with E-state index >= 15 is 0 Å². The van der Waals surface area contributed by atoms with Gasteiger partial charge in [0.1, 0.15) is 33.1 Å². The molecule has 1 fully saturated rings. The normalized spacial score (nSPS) is 19.6. The number of ether oxygens (including phenoxy) is 2. The molecule has 10 nitrogen and oxygen atoms in total. The van der Waals surface area contributed by atoms with Gasteiger partial charge in [-0.25, -0.2) is 0 Å². The second kappa shape index (κ2) is 17.4. The molecule has 2 atom stereocenters. The lowest BCUT2D eigenvalue weighted by molar-refractivity contribution is -0.674. The summed E-state index contributed by atoms with van der Waals surface area (Å²) in [6, 6.07) is 30.4. The summed E-state index contributed by atoms with van der Waals surface area (Å²) in [5.74, 6) is 2.39. The van der Waals surface area contributed by atoms with E-state index in [1.165, 1.54) is 75.2 Å². The third kappa shape index (κ3) is 7.16. The molecule has 0 radical (unpaired) electrons. The van der Waals surface area contributed by atoms with E-state index in [1.807, 2.05) is 32.5 Å². The summed E-state index contributed by atoms with van der Waals surface area (Å²) in [7, 11) is 0. The molecule has 12 heteroatoms. The van der Waals surface area contributed by atoms with Crippen LogP contribution in [0.15, 0.2) is 109 Å². The van der Waals surface area contributed by atoms with Crippen LogP contribution in [-0.2, 0) is 22.7 Å². The summed E-state index contributed by atoms with van der Waals surface area (Å²) in [5.41, 5.74) is 12.7. The van der Waals surface area contributed by atoms with E-state index in [0.717, 1.165) is 89.0 Å². The smallest absolute Gasteiger partial charge is 0.270 e. The SMILES string of the molecule is O=C(CCCCCN1C=CC2=C3c4sc5ccccc5[n+]4CCC3Oc3cccc1c32)N1CCN(C(=O)CCCCCN2C=CC3=C4c5sc6ccccc6[n+]5CCC4Oc4cccc2c43)CC1. The maximum Gasteiger partial charge on any atom is 0.270 e. The van der Waals surface area contributed by atoms with Crippen molar-refractivity contribution in [2.75, 3.05) is 49.1 Å². The summed E-state index contributed by atoms with van der Waals surface area (Å²) in [6.07, 6.45) is 18.0. The Kier molecular flexibility index (Phi) is 10.7. The van der Waals surface area contributed by atoms with Crippen molar-refractivity contribution >= 4 is 88.6 Å². The molecule has 9 heterocycles. The molecule has 0 aliphatic carbocycles. The number of aryl methyl sites for hydroxylation is 2. The van der Waals surface area contributed by atoms with Crippen molar-refractivity contribution in [3.8, 4) is 11.5 Å². The van der Waals surface area contributed by atoms with Gasteiger partial charge in [-0.2, -0.15) is 9.13 Å². The van der Waals surface area contributed by atoms with Gasteiger partial charge in [0.05, 0.1) is 22.5 Å². The van der Waals surface area contributed by atoms with Crippen molar-refractivity contribution in [3.05, 3.63) is 131 Å². The zero-order chi connectivity index (χ0) is 45.3. The van der Waals surface area contributed by atoms with E-state index in [4.69, 9.17) is 9.47 Å². The fourth-order valence-electron chi connectivity index (χ4n) is 11.8. The number of rotatable bonds is 12. The maximum atomic E-state index is 13.3. The van der Waals surface area contributed by atoms with Crippen LogP contribution in [-0.4, -0.2) is 73.1 Å². The van der Waals surface area contributed by atoms with E-state index < -0.39 is 0 Å². The Morgan fingerprint density at radius 3 is 1.47 bits per heavy atom. The Balaban J connectivity index is 0.557. The second-order valence-electron chi connectivity index (χ2n) is 19.2. The monoisotopic (exact) mass is 940 g/mol. The van der Waals surface area contributed by atoms with Crippen LogP contribution in [0.4, 0.5) is 11.4 Å². The lowest BCUT2D eigenvalue weighted by Gasteiger charge is -2.36. The maximum absolute atomic E-state index is 13.3. The van der Waals surface area contributed by atoms with E-state index in [9.17, 15) is 9.59 Å². The van der Waals surface area contributed by atoms with Crippen LogP contribution in [0, 0.1) is 0 Å². The van der Waals surface area contributed by atoms with Crippen molar-refractivity contribution in [2.24, 2.45) is 0 Å². The highest BCUT2D eigenvalue weighted by atomic mass is 32.1. The van der Waals surface area contributed by atoms with Gasteiger partial charge >= 0.3 is 0 Å². The Morgan fingerprint density at radius 2 is 1.00 bits per heavy atom. The molecule has 0 spiro atoms. The minimum absolute atomic E-state index is 0.0703. The van der Waals surface area contributed by atoms with Crippen molar-refractivity contribution in [3.63, 3.8) is 0 Å². The zero-order valence-corrected chi connectivity index (χ0v) is 40.0. The largest absolute Gasteiger partial charge is 0.484 e. The number of carbonyl (C=O) groups is 2. The van der Waals surface area contributed by atoms with Crippen LogP contribution in [0.25, 0.3) is 42.7 Å². The number of allylic oxidation sites excluding steroid dienone is 4. The van der Waals surface area contributed by atoms with Crippen molar-refractivity contribution in [1.82, 2.24) is 9.80 Å². The van der Waals surface area contributed by atoms with Gasteiger partial charge in [-0.3, -0.25) is 9.59 Å². The summed E-state index contributed by atoms with van der Waals surface area (Å²) in [5, 5.41) is 2.63. The first kappa shape index (κ1) is 41.9. The number of para-hydroxylation sites is 2. The molecule has 7 aliphatic rings. The molecule has 68 heavy (non-hydrogen) atoms. The molecule has 2 aromatic heterocycles. The quantitative estimate of drug-likeness (QED) is 0.0899. The number of anilines is 2. The predicted molar refractivity (Wildman–Crippen MR) is 272 cm³/mol. The molecule has 7 aliphatic heterocycles. The highest BCUT2D eigenvalue weighted by molar-refractivity contribution is 7.19. The first-order chi connectivity index (χ1) is 33.6. The summed E-state index contributed by atoms with van der Waals surface area (Å²) >= 11 is 3.75. The number of nitrogens with zero attached hydrogens (tertiary/aromatic N) is 6. The molecule has 13 rings (SSSR count). The average Bonchev–Trinajstić information content (AvgIpc) is 3.96. The number of carbonyl (C=O) groups excluding carboxylic acids is 2. The van der Waals surface area contributed by atoms with Gasteiger partial charge in [0.15, 0.2) is 13.1 Å². The number of fused-ring (bicyclic) bond motifs is 10. The number of thiazole rings is 2. The fourth-order valence-corrected chi connectivity index (χ4v) is 14.4. The third-order valence-electron chi connectivity index (χ3n) is 15.2. The number of benzene rings is 4. The Bertz CT molecular complexity index is 2940. The Hall–Kier alpha value is -6.24. The molecule has 1 saturated heterocycles. The summed E-state index contributed by atoms with van der Waals surface area (Å²) in [4.78, 5) is 35.2. The van der Waals surface area contributed by atoms with Gasteiger partial charge in [0.2, 0.25) is 22.8 Å². The molecule has 0 bridgehead atoms. The lowest BCUT2D eigenvalue weighted by Crippen LogP contribution is -2.50. The summed E-state index contributed by atoms with van der Waals surface area (Å²) in [6.45, 7) is 6.21.